The van der Waals surface area contributed by atoms with Crippen molar-refractivity contribution in [2.45, 2.75) is 32.1 Å². The molecule has 3 unspecified atom stereocenters. The zero-order valence-electron chi connectivity index (χ0n) is 11.0. The van der Waals surface area contributed by atoms with Gasteiger partial charge in [0.25, 0.3) is 5.69 Å². The molecule has 2 N–H and O–H groups in total. The molecule has 0 saturated heterocycles. The van der Waals surface area contributed by atoms with Crippen LogP contribution in [-0.2, 0) is 6.42 Å². The maximum absolute atomic E-state index is 10.7. The summed E-state index contributed by atoms with van der Waals surface area (Å²) in [7, 11) is 0. The van der Waals surface area contributed by atoms with Crippen LogP contribution in [0.5, 0.6) is 0 Å². The summed E-state index contributed by atoms with van der Waals surface area (Å²) < 4.78 is 0. The zero-order valence-corrected chi connectivity index (χ0v) is 11.0. The third-order valence-corrected chi connectivity index (χ3v) is 5.21. The summed E-state index contributed by atoms with van der Waals surface area (Å²) in [5.74, 6) is 1.63. The summed E-state index contributed by atoms with van der Waals surface area (Å²) >= 11 is 0. The third-order valence-electron chi connectivity index (χ3n) is 5.21. The van der Waals surface area contributed by atoms with Gasteiger partial charge in [0.05, 0.1) is 4.92 Å². The van der Waals surface area contributed by atoms with Gasteiger partial charge >= 0.3 is 0 Å². The van der Waals surface area contributed by atoms with Crippen LogP contribution in [0.1, 0.15) is 31.2 Å². The van der Waals surface area contributed by atoms with Gasteiger partial charge in [0.15, 0.2) is 0 Å². The minimum absolute atomic E-state index is 0.165. The molecule has 0 aromatic heterocycles. The Labute approximate surface area is 113 Å². The quantitative estimate of drug-likeness (QED) is 0.668. The second-order valence-electron chi connectivity index (χ2n) is 6.25. The highest BCUT2D eigenvalue weighted by molar-refractivity contribution is 5.33. The predicted molar refractivity (Wildman–Crippen MR) is 73.7 cm³/mol. The van der Waals surface area contributed by atoms with Crippen molar-refractivity contribution in [3.05, 3.63) is 39.9 Å². The topological polar surface area (TPSA) is 69.2 Å². The van der Waals surface area contributed by atoms with Crippen molar-refractivity contribution in [1.82, 2.24) is 0 Å². The van der Waals surface area contributed by atoms with Gasteiger partial charge in [0.2, 0.25) is 0 Å². The van der Waals surface area contributed by atoms with Crippen LogP contribution in [0.4, 0.5) is 5.69 Å². The average molecular weight is 260 g/mol. The molecule has 4 heteroatoms. The lowest BCUT2D eigenvalue weighted by Gasteiger charge is -2.37. The first-order chi connectivity index (χ1) is 9.13. The first-order valence-corrected chi connectivity index (χ1v) is 7.06. The highest BCUT2D eigenvalue weighted by Crippen LogP contribution is 2.56. The molecule has 3 rings (SSSR count). The molecular formula is C15H20N2O2. The van der Waals surface area contributed by atoms with E-state index in [1.807, 2.05) is 12.1 Å². The summed E-state index contributed by atoms with van der Waals surface area (Å²) in [5.41, 5.74) is 7.67. The first-order valence-electron chi connectivity index (χ1n) is 7.06. The van der Waals surface area contributed by atoms with E-state index >= 15 is 0 Å². The Morgan fingerprint density at radius 2 is 2.05 bits per heavy atom. The molecule has 1 aromatic carbocycles. The van der Waals surface area contributed by atoms with Crippen LogP contribution in [-0.4, -0.2) is 11.5 Å². The Morgan fingerprint density at radius 1 is 1.32 bits per heavy atom. The molecule has 2 bridgehead atoms. The van der Waals surface area contributed by atoms with Crippen LogP contribution in [0.2, 0.25) is 0 Å². The van der Waals surface area contributed by atoms with Gasteiger partial charge in [0, 0.05) is 12.1 Å². The molecule has 19 heavy (non-hydrogen) atoms. The SMILES string of the molecule is NCC1(Cc2ccc([N+](=O)[O-])cc2)CC2CCC1C2. The monoisotopic (exact) mass is 260 g/mol. The largest absolute Gasteiger partial charge is 0.330 e. The fourth-order valence-corrected chi connectivity index (χ4v) is 4.24. The first kappa shape index (κ1) is 12.6. The lowest BCUT2D eigenvalue weighted by atomic mass is 9.69. The number of nitrogens with zero attached hydrogens (tertiary/aromatic N) is 1. The predicted octanol–water partition coefficient (Wildman–Crippen LogP) is 2.90. The standard InChI is InChI=1S/C15H20N2O2/c16-10-15(9-12-1-4-13(15)7-12)8-11-2-5-14(6-3-11)17(18)19/h2-3,5-6,12-13H,1,4,7-10,16H2. The fourth-order valence-electron chi connectivity index (χ4n) is 4.24. The van der Waals surface area contributed by atoms with E-state index in [0.717, 1.165) is 24.8 Å². The molecule has 1 aromatic rings. The Kier molecular flexibility index (Phi) is 3.05. The number of benzene rings is 1. The lowest BCUT2D eigenvalue weighted by Crippen LogP contribution is -2.37. The number of fused-ring (bicyclic) bond motifs is 2. The number of hydrogen-bond donors (Lipinski definition) is 1. The number of hydrogen-bond acceptors (Lipinski definition) is 3. The smallest absolute Gasteiger partial charge is 0.269 e. The second-order valence-corrected chi connectivity index (χ2v) is 6.25. The Balaban J connectivity index is 1.78. The van der Waals surface area contributed by atoms with Crippen molar-refractivity contribution >= 4 is 5.69 Å². The third kappa shape index (κ3) is 2.14. The highest BCUT2D eigenvalue weighted by Gasteiger charge is 2.49. The van der Waals surface area contributed by atoms with E-state index in [1.165, 1.54) is 31.2 Å². The summed E-state index contributed by atoms with van der Waals surface area (Å²) in [6, 6.07) is 6.99. The lowest BCUT2D eigenvalue weighted by molar-refractivity contribution is -0.384. The molecule has 102 valence electrons. The summed E-state index contributed by atoms with van der Waals surface area (Å²) in [4.78, 5) is 10.3. The van der Waals surface area contributed by atoms with Crippen LogP contribution < -0.4 is 5.73 Å². The van der Waals surface area contributed by atoms with Gasteiger partial charge in [0.1, 0.15) is 0 Å². The van der Waals surface area contributed by atoms with Gasteiger partial charge in [-0.2, -0.15) is 0 Å². The fraction of sp³-hybridized carbons (Fsp3) is 0.600. The van der Waals surface area contributed by atoms with Crippen molar-refractivity contribution in [2.75, 3.05) is 6.54 Å². The van der Waals surface area contributed by atoms with E-state index in [9.17, 15) is 10.1 Å². The van der Waals surface area contributed by atoms with Crippen molar-refractivity contribution < 1.29 is 4.92 Å². The molecule has 2 aliphatic rings. The van der Waals surface area contributed by atoms with Gasteiger partial charge in [-0.15, -0.1) is 0 Å². The number of non-ortho nitro benzene ring substituents is 1. The van der Waals surface area contributed by atoms with Gasteiger partial charge in [-0.25, -0.2) is 0 Å². The second kappa shape index (κ2) is 4.60. The van der Waals surface area contributed by atoms with Gasteiger partial charge in [-0.3, -0.25) is 10.1 Å². The normalized spacial score (nSPS) is 32.7. The summed E-state index contributed by atoms with van der Waals surface area (Å²) in [6.45, 7) is 0.741. The number of rotatable bonds is 4. The Hall–Kier alpha value is -1.42. The van der Waals surface area contributed by atoms with E-state index in [-0.39, 0.29) is 16.0 Å². The van der Waals surface area contributed by atoms with Crippen molar-refractivity contribution in [2.24, 2.45) is 23.0 Å². The van der Waals surface area contributed by atoms with Crippen LogP contribution in [0.3, 0.4) is 0 Å². The van der Waals surface area contributed by atoms with E-state index in [0.29, 0.717) is 0 Å². The molecular weight excluding hydrogens is 240 g/mol. The van der Waals surface area contributed by atoms with Crippen LogP contribution in [0.15, 0.2) is 24.3 Å². The zero-order chi connectivity index (χ0) is 13.5. The van der Waals surface area contributed by atoms with Crippen molar-refractivity contribution in [3.8, 4) is 0 Å². The maximum atomic E-state index is 10.7. The minimum Gasteiger partial charge on any atom is -0.330 e. The van der Waals surface area contributed by atoms with Gasteiger partial charge in [-0.05, 0) is 55.0 Å². The van der Waals surface area contributed by atoms with Crippen LogP contribution in [0, 0.1) is 27.4 Å². The number of nitrogens with two attached hydrogens (primary N) is 1. The molecule has 0 radical (unpaired) electrons. The molecule has 0 amide bonds. The minimum atomic E-state index is -0.347. The molecule has 2 aliphatic carbocycles. The van der Waals surface area contributed by atoms with Crippen LogP contribution >= 0.6 is 0 Å². The van der Waals surface area contributed by atoms with Crippen molar-refractivity contribution in [3.63, 3.8) is 0 Å². The summed E-state index contributed by atoms with van der Waals surface area (Å²) in [6.07, 6.45) is 6.24. The maximum Gasteiger partial charge on any atom is 0.269 e. The van der Waals surface area contributed by atoms with Crippen LogP contribution in [0.25, 0.3) is 0 Å². The summed E-state index contributed by atoms with van der Waals surface area (Å²) in [5, 5.41) is 10.7. The number of nitro groups is 1. The molecule has 3 atom stereocenters. The molecule has 0 spiro atoms. The van der Waals surface area contributed by atoms with E-state index < -0.39 is 0 Å². The van der Waals surface area contributed by atoms with E-state index in [2.05, 4.69) is 0 Å². The average Bonchev–Trinajstić information content (AvgIpc) is 3.00. The molecule has 2 fully saturated rings. The molecule has 2 saturated carbocycles. The number of nitro benzene ring substituents is 1. The van der Waals surface area contributed by atoms with Crippen molar-refractivity contribution in [1.29, 1.82) is 0 Å². The van der Waals surface area contributed by atoms with E-state index in [4.69, 9.17) is 5.73 Å². The van der Waals surface area contributed by atoms with Gasteiger partial charge in [-0.1, -0.05) is 18.6 Å². The Bertz CT molecular complexity index is 485. The molecule has 0 aliphatic heterocycles. The van der Waals surface area contributed by atoms with Gasteiger partial charge < -0.3 is 5.73 Å². The highest BCUT2D eigenvalue weighted by atomic mass is 16.6. The molecule has 4 nitrogen and oxygen atoms in total. The molecule has 0 heterocycles. The Morgan fingerprint density at radius 3 is 2.53 bits per heavy atom. The van der Waals surface area contributed by atoms with E-state index in [1.54, 1.807) is 12.1 Å².